The van der Waals surface area contributed by atoms with Gasteiger partial charge in [0.25, 0.3) is 5.67 Å². The molecule has 0 radical (unpaired) electrons. The zero-order chi connectivity index (χ0) is 8.91. The van der Waals surface area contributed by atoms with Gasteiger partial charge in [-0.1, -0.05) is 0 Å². The van der Waals surface area contributed by atoms with Crippen molar-refractivity contribution in [3.63, 3.8) is 0 Å². The van der Waals surface area contributed by atoms with Crippen molar-refractivity contribution in [1.82, 2.24) is 0 Å². The summed E-state index contributed by atoms with van der Waals surface area (Å²) in [5, 5.41) is 0. The van der Waals surface area contributed by atoms with E-state index in [1.807, 2.05) is 0 Å². The van der Waals surface area contributed by atoms with Crippen LogP contribution in [0.4, 0.5) is 26.3 Å². The van der Waals surface area contributed by atoms with Crippen LogP contribution in [0.1, 0.15) is 0 Å². The minimum absolute atomic E-state index is 0.111. The highest BCUT2D eigenvalue weighted by molar-refractivity contribution is 5.30. The van der Waals surface area contributed by atoms with E-state index < -0.39 is 17.8 Å². The van der Waals surface area contributed by atoms with Gasteiger partial charge in [-0.3, -0.25) is 0 Å². The average Bonchev–Trinajstić information content (AvgIpc) is 1.81. The van der Waals surface area contributed by atoms with Gasteiger partial charge >= 0.3 is 12.1 Å². The Hall–Kier alpha value is -0.680. The molecule has 0 bridgehead atoms. The van der Waals surface area contributed by atoms with Gasteiger partial charge in [0.2, 0.25) is 0 Å². The molecule has 1 unspecified atom stereocenters. The Morgan fingerprint density at radius 3 is 1.36 bits per heavy atom. The van der Waals surface area contributed by atoms with E-state index in [2.05, 4.69) is 0 Å². The van der Waals surface area contributed by atoms with E-state index >= 15 is 0 Å². The Bertz CT molecular complexity index is 202. The molecule has 6 heteroatoms. The first kappa shape index (κ1) is 8.42. The molecule has 0 saturated carbocycles. The molecule has 0 heterocycles. The van der Waals surface area contributed by atoms with Crippen LogP contribution >= 0.6 is 0 Å². The fraction of sp³-hybridized carbons (Fsp3) is 0.600. The van der Waals surface area contributed by atoms with Crippen LogP contribution in [-0.4, -0.2) is 17.8 Å². The highest BCUT2D eigenvalue weighted by Gasteiger charge is 2.73. The van der Waals surface area contributed by atoms with Gasteiger partial charge in [0.05, 0.1) is 0 Å². The smallest absolute Gasteiger partial charge is 0.222 e. The number of hydrogen-bond donors (Lipinski definition) is 0. The van der Waals surface area contributed by atoms with Crippen molar-refractivity contribution >= 4 is 0 Å². The van der Waals surface area contributed by atoms with Gasteiger partial charge in [-0.2, -0.15) is 22.0 Å². The lowest BCUT2D eigenvalue weighted by molar-refractivity contribution is -0.280. The lowest BCUT2D eigenvalue weighted by atomic mass is 9.86. The molecule has 1 rings (SSSR count). The third-order valence-corrected chi connectivity index (χ3v) is 1.42. The molecule has 1 aliphatic carbocycles. The van der Waals surface area contributed by atoms with Crippen LogP contribution in [0.25, 0.3) is 0 Å². The topological polar surface area (TPSA) is 0 Å². The quantitative estimate of drug-likeness (QED) is 0.392. The van der Waals surface area contributed by atoms with Crippen molar-refractivity contribution < 1.29 is 26.3 Å². The zero-order valence-electron chi connectivity index (χ0n) is 4.92. The molecule has 1 atom stereocenters. The highest BCUT2D eigenvalue weighted by Crippen LogP contribution is 2.52. The number of rotatable bonds is 0. The normalized spacial score (nSPS) is 35.1. The molecule has 0 aromatic carbocycles. The Kier molecular flexibility index (Phi) is 1.32. The van der Waals surface area contributed by atoms with Crippen molar-refractivity contribution in [1.29, 1.82) is 0 Å². The molecule has 0 nitrogen and oxygen atoms in total. The van der Waals surface area contributed by atoms with Gasteiger partial charge in [0.15, 0.2) is 0 Å². The average molecular weight is 176 g/mol. The molecule has 0 N–H and O–H groups in total. The molecule has 0 saturated heterocycles. The lowest BCUT2D eigenvalue weighted by Gasteiger charge is -2.36. The minimum Gasteiger partial charge on any atom is -0.222 e. The van der Waals surface area contributed by atoms with Crippen molar-refractivity contribution in [2.45, 2.75) is 17.8 Å². The molecule has 1 aliphatic rings. The van der Waals surface area contributed by atoms with E-state index in [0.29, 0.717) is 0 Å². The van der Waals surface area contributed by atoms with E-state index in [9.17, 15) is 26.3 Å². The number of alkyl halides is 6. The molecule has 0 fully saturated rings. The van der Waals surface area contributed by atoms with Crippen LogP contribution in [0.15, 0.2) is 12.2 Å². The molecule has 0 spiro atoms. The summed E-state index contributed by atoms with van der Waals surface area (Å²) in [7, 11) is 0. The Labute approximate surface area is 57.5 Å². The van der Waals surface area contributed by atoms with Crippen LogP contribution in [0.2, 0.25) is 0 Å². The Morgan fingerprint density at radius 2 is 1.36 bits per heavy atom. The maximum Gasteiger partial charge on any atom is 0.432 e. The second kappa shape index (κ2) is 1.73. The Balaban J connectivity index is 2.98. The standard InChI is InChI=1S/C5H2F6/c6-3(5(9,10)11)1-2-4(3,7)8/h1-2H. The summed E-state index contributed by atoms with van der Waals surface area (Å²) in [5.41, 5.74) is -4.46. The van der Waals surface area contributed by atoms with Crippen LogP contribution < -0.4 is 0 Å². The van der Waals surface area contributed by atoms with Gasteiger partial charge in [0, 0.05) is 0 Å². The van der Waals surface area contributed by atoms with Crippen molar-refractivity contribution in [3.8, 4) is 0 Å². The summed E-state index contributed by atoms with van der Waals surface area (Å²) in [6, 6.07) is 0. The summed E-state index contributed by atoms with van der Waals surface area (Å²) >= 11 is 0. The molecule has 0 aromatic heterocycles. The van der Waals surface area contributed by atoms with Crippen molar-refractivity contribution in [2.75, 3.05) is 0 Å². The monoisotopic (exact) mass is 176 g/mol. The third kappa shape index (κ3) is 0.844. The molecule has 11 heavy (non-hydrogen) atoms. The van der Waals surface area contributed by atoms with Crippen LogP contribution in [0.5, 0.6) is 0 Å². The molecule has 64 valence electrons. The van der Waals surface area contributed by atoms with E-state index in [-0.39, 0.29) is 12.2 Å². The SMILES string of the molecule is FC(F)(F)C1(F)C=CC1(F)F. The van der Waals surface area contributed by atoms with Gasteiger partial charge in [-0.05, 0) is 12.2 Å². The molecular formula is C5H2F6. The Morgan fingerprint density at radius 1 is 0.909 bits per heavy atom. The van der Waals surface area contributed by atoms with E-state index in [1.165, 1.54) is 0 Å². The van der Waals surface area contributed by atoms with Crippen LogP contribution in [0, 0.1) is 0 Å². The summed E-state index contributed by atoms with van der Waals surface area (Å²) in [5.74, 6) is -4.41. The predicted octanol–water partition coefficient (Wildman–Crippen LogP) is 2.46. The first-order valence-corrected chi connectivity index (χ1v) is 2.54. The fourth-order valence-electron chi connectivity index (χ4n) is 0.639. The number of halogens is 6. The van der Waals surface area contributed by atoms with Crippen LogP contribution in [0.3, 0.4) is 0 Å². The molecule has 0 aliphatic heterocycles. The lowest BCUT2D eigenvalue weighted by Crippen LogP contribution is -2.58. The number of hydrogen-bond acceptors (Lipinski definition) is 0. The highest BCUT2D eigenvalue weighted by atomic mass is 19.4. The summed E-state index contributed by atoms with van der Waals surface area (Å²) < 4.78 is 70.5. The predicted molar refractivity (Wildman–Crippen MR) is 24.0 cm³/mol. The van der Waals surface area contributed by atoms with Gasteiger partial charge in [-0.25, -0.2) is 4.39 Å². The first-order valence-electron chi connectivity index (χ1n) is 2.54. The summed E-state index contributed by atoms with van der Waals surface area (Å²) in [4.78, 5) is 0. The van der Waals surface area contributed by atoms with Crippen molar-refractivity contribution in [2.24, 2.45) is 0 Å². The van der Waals surface area contributed by atoms with E-state index in [1.54, 1.807) is 0 Å². The minimum atomic E-state index is -5.54. The third-order valence-electron chi connectivity index (χ3n) is 1.42. The maximum atomic E-state index is 12.2. The molecular weight excluding hydrogens is 174 g/mol. The van der Waals surface area contributed by atoms with Gasteiger partial charge in [0.1, 0.15) is 0 Å². The second-order valence-electron chi connectivity index (χ2n) is 2.17. The van der Waals surface area contributed by atoms with Crippen LogP contribution in [-0.2, 0) is 0 Å². The van der Waals surface area contributed by atoms with E-state index in [4.69, 9.17) is 0 Å². The molecule has 0 amide bonds. The largest absolute Gasteiger partial charge is 0.432 e. The van der Waals surface area contributed by atoms with Gasteiger partial charge < -0.3 is 0 Å². The van der Waals surface area contributed by atoms with Crippen molar-refractivity contribution in [3.05, 3.63) is 12.2 Å². The van der Waals surface area contributed by atoms with Gasteiger partial charge in [-0.15, -0.1) is 0 Å². The fourth-order valence-corrected chi connectivity index (χ4v) is 0.639. The zero-order valence-corrected chi connectivity index (χ0v) is 4.92. The maximum absolute atomic E-state index is 12.2. The molecule has 0 aromatic rings. The second-order valence-corrected chi connectivity index (χ2v) is 2.17. The first-order chi connectivity index (χ1) is 4.71. The summed E-state index contributed by atoms with van der Waals surface area (Å²) in [6.07, 6.45) is -5.83. The summed E-state index contributed by atoms with van der Waals surface area (Å²) in [6.45, 7) is 0. The number of allylic oxidation sites excluding steroid dienone is 2. The van der Waals surface area contributed by atoms with E-state index in [0.717, 1.165) is 0 Å².